The van der Waals surface area contributed by atoms with Crippen molar-refractivity contribution in [2.45, 2.75) is 38.3 Å². The molecule has 1 aliphatic rings. The minimum absolute atomic E-state index is 0.568. The van der Waals surface area contributed by atoms with Gasteiger partial charge in [-0.05, 0) is 53.9 Å². The van der Waals surface area contributed by atoms with Gasteiger partial charge in [-0.15, -0.1) is 0 Å². The Kier molecular flexibility index (Phi) is 4.88. The Morgan fingerprint density at radius 2 is 2.38 bits per heavy atom. The number of hydrogen-bond donors (Lipinski definition) is 1. The number of halogens is 1. The molecule has 0 saturated carbocycles. The molecular formula is C12H18BrNO2. The quantitative estimate of drug-likeness (QED) is 0.845. The highest BCUT2D eigenvalue weighted by Crippen LogP contribution is 2.15. The summed E-state index contributed by atoms with van der Waals surface area (Å²) in [5.41, 5.74) is 0. The highest BCUT2D eigenvalue weighted by atomic mass is 79.9. The van der Waals surface area contributed by atoms with Crippen LogP contribution in [0.1, 0.15) is 31.4 Å². The maximum Gasteiger partial charge on any atom is 0.169 e. The Bertz CT molecular complexity index is 308. The van der Waals surface area contributed by atoms with Crippen molar-refractivity contribution in [2.75, 3.05) is 13.2 Å². The van der Waals surface area contributed by atoms with E-state index in [4.69, 9.17) is 9.15 Å². The first-order chi connectivity index (χ1) is 7.84. The van der Waals surface area contributed by atoms with E-state index in [0.29, 0.717) is 12.6 Å². The standard InChI is InChI=1S/C12H18BrNO2/c13-12-5-4-11(16-12)9-15-8-6-10-3-1-2-7-14-10/h4-5,10,14H,1-3,6-9H2. The van der Waals surface area contributed by atoms with Crippen LogP contribution in [0, 0.1) is 0 Å². The lowest BCUT2D eigenvalue weighted by atomic mass is 10.0. The number of hydrogen-bond acceptors (Lipinski definition) is 3. The van der Waals surface area contributed by atoms with E-state index in [2.05, 4.69) is 21.2 Å². The molecule has 0 bridgehead atoms. The summed E-state index contributed by atoms with van der Waals surface area (Å²) in [4.78, 5) is 0. The lowest BCUT2D eigenvalue weighted by molar-refractivity contribution is 0.0945. The lowest BCUT2D eigenvalue weighted by Gasteiger charge is -2.23. The Morgan fingerprint density at radius 1 is 1.44 bits per heavy atom. The van der Waals surface area contributed by atoms with E-state index in [-0.39, 0.29) is 0 Å². The zero-order chi connectivity index (χ0) is 11.2. The van der Waals surface area contributed by atoms with Gasteiger partial charge < -0.3 is 14.5 Å². The number of nitrogens with one attached hydrogen (secondary N) is 1. The van der Waals surface area contributed by atoms with Crippen LogP contribution >= 0.6 is 15.9 Å². The summed E-state index contributed by atoms with van der Waals surface area (Å²) in [6.45, 7) is 2.53. The van der Waals surface area contributed by atoms with Crippen molar-refractivity contribution < 1.29 is 9.15 Å². The molecule has 1 aromatic rings. The summed E-state index contributed by atoms with van der Waals surface area (Å²) in [6, 6.07) is 4.47. The van der Waals surface area contributed by atoms with Crippen LogP contribution < -0.4 is 5.32 Å². The van der Waals surface area contributed by atoms with E-state index >= 15 is 0 Å². The molecular weight excluding hydrogens is 270 g/mol. The molecule has 16 heavy (non-hydrogen) atoms. The number of piperidine rings is 1. The summed E-state index contributed by atoms with van der Waals surface area (Å²) in [6.07, 6.45) is 5.05. The van der Waals surface area contributed by atoms with Crippen LogP contribution in [0.15, 0.2) is 21.2 Å². The largest absolute Gasteiger partial charge is 0.452 e. The van der Waals surface area contributed by atoms with Crippen LogP contribution in [-0.2, 0) is 11.3 Å². The van der Waals surface area contributed by atoms with Crippen molar-refractivity contribution in [3.8, 4) is 0 Å². The molecule has 0 spiro atoms. The van der Waals surface area contributed by atoms with Crippen molar-refractivity contribution in [3.05, 3.63) is 22.6 Å². The summed E-state index contributed by atoms with van der Waals surface area (Å²) < 4.78 is 11.7. The van der Waals surface area contributed by atoms with Crippen LogP contribution in [0.3, 0.4) is 0 Å². The summed E-state index contributed by atoms with van der Waals surface area (Å²) >= 11 is 3.27. The van der Waals surface area contributed by atoms with Gasteiger partial charge in [0.25, 0.3) is 0 Å². The highest BCUT2D eigenvalue weighted by Gasteiger charge is 2.11. The van der Waals surface area contributed by atoms with Crippen LogP contribution in [0.25, 0.3) is 0 Å². The van der Waals surface area contributed by atoms with Crippen LogP contribution in [-0.4, -0.2) is 19.2 Å². The molecule has 0 amide bonds. The first-order valence-corrected chi connectivity index (χ1v) is 6.69. The van der Waals surface area contributed by atoms with E-state index < -0.39 is 0 Å². The Morgan fingerprint density at radius 3 is 3.06 bits per heavy atom. The second kappa shape index (κ2) is 6.42. The molecule has 1 aromatic heterocycles. The van der Waals surface area contributed by atoms with Gasteiger partial charge in [-0.2, -0.15) is 0 Å². The second-order valence-corrected chi connectivity index (χ2v) is 4.98. The SMILES string of the molecule is Brc1ccc(COCCC2CCCCN2)o1. The second-order valence-electron chi connectivity index (χ2n) is 4.19. The van der Waals surface area contributed by atoms with Crippen molar-refractivity contribution in [3.63, 3.8) is 0 Å². The van der Waals surface area contributed by atoms with E-state index in [9.17, 15) is 0 Å². The molecule has 1 saturated heterocycles. The van der Waals surface area contributed by atoms with Crippen LogP contribution in [0.2, 0.25) is 0 Å². The summed E-state index contributed by atoms with van der Waals surface area (Å²) in [7, 11) is 0. The van der Waals surface area contributed by atoms with Gasteiger partial charge in [0.15, 0.2) is 4.67 Å². The topological polar surface area (TPSA) is 34.4 Å². The molecule has 1 fully saturated rings. The predicted molar refractivity (Wildman–Crippen MR) is 66.3 cm³/mol. The summed E-state index contributed by atoms with van der Waals surface area (Å²) in [5.74, 6) is 0.878. The average Bonchev–Trinajstić information content (AvgIpc) is 2.72. The maximum absolute atomic E-state index is 5.58. The zero-order valence-electron chi connectivity index (χ0n) is 9.38. The molecule has 4 heteroatoms. The number of furan rings is 1. The Hall–Kier alpha value is -0.320. The number of rotatable bonds is 5. The molecule has 1 unspecified atom stereocenters. The van der Waals surface area contributed by atoms with Gasteiger partial charge in [-0.1, -0.05) is 6.42 Å². The summed E-state index contributed by atoms with van der Waals surface area (Å²) in [5, 5.41) is 3.51. The van der Waals surface area contributed by atoms with Gasteiger partial charge in [0.2, 0.25) is 0 Å². The lowest BCUT2D eigenvalue weighted by Crippen LogP contribution is -2.34. The molecule has 3 nitrogen and oxygen atoms in total. The van der Waals surface area contributed by atoms with Gasteiger partial charge in [0.05, 0.1) is 0 Å². The third kappa shape index (κ3) is 3.92. The molecule has 90 valence electrons. The first-order valence-electron chi connectivity index (χ1n) is 5.90. The van der Waals surface area contributed by atoms with Gasteiger partial charge in [0.1, 0.15) is 12.4 Å². The predicted octanol–water partition coefficient (Wildman–Crippen LogP) is 3.09. The van der Waals surface area contributed by atoms with E-state index in [1.807, 2.05) is 12.1 Å². The molecule has 0 aromatic carbocycles. The Labute approximate surface area is 105 Å². The van der Waals surface area contributed by atoms with Gasteiger partial charge >= 0.3 is 0 Å². The fourth-order valence-corrected chi connectivity index (χ4v) is 2.34. The number of ether oxygens (including phenoxy) is 1. The fraction of sp³-hybridized carbons (Fsp3) is 0.667. The molecule has 0 radical (unpaired) electrons. The van der Waals surface area contributed by atoms with Crippen molar-refractivity contribution >= 4 is 15.9 Å². The highest BCUT2D eigenvalue weighted by molar-refractivity contribution is 9.10. The van der Waals surface area contributed by atoms with Gasteiger partial charge in [-0.25, -0.2) is 0 Å². The smallest absolute Gasteiger partial charge is 0.169 e. The van der Waals surface area contributed by atoms with Crippen molar-refractivity contribution in [1.29, 1.82) is 0 Å². The minimum Gasteiger partial charge on any atom is -0.452 e. The van der Waals surface area contributed by atoms with E-state index in [1.54, 1.807) is 0 Å². The maximum atomic E-state index is 5.58. The molecule has 2 rings (SSSR count). The van der Waals surface area contributed by atoms with E-state index in [0.717, 1.165) is 30.0 Å². The normalized spacial score (nSPS) is 21.2. The average molecular weight is 288 g/mol. The van der Waals surface area contributed by atoms with Crippen LogP contribution in [0.5, 0.6) is 0 Å². The third-order valence-corrected chi connectivity index (χ3v) is 3.32. The molecule has 1 aliphatic heterocycles. The zero-order valence-corrected chi connectivity index (χ0v) is 11.0. The molecule has 1 N–H and O–H groups in total. The molecule has 1 atom stereocenters. The van der Waals surface area contributed by atoms with Gasteiger partial charge in [-0.3, -0.25) is 0 Å². The van der Waals surface area contributed by atoms with Crippen molar-refractivity contribution in [2.24, 2.45) is 0 Å². The fourth-order valence-electron chi connectivity index (χ4n) is 2.00. The Balaban J connectivity index is 1.57. The van der Waals surface area contributed by atoms with Crippen molar-refractivity contribution in [1.82, 2.24) is 5.32 Å². The van der Waals surface area contributed by atoms with Gasteiger partial charge in [0, 0.05) is 12.6 Å². The first kappa shape index (κ1) is 12.1. The third-order valence-electron chi connectivity index (χ3n) is 2.90. The minimum atomic E-state index is 0.568. The molecule has 0 aliphatic carbocycles. The van der Waals surface area contributed by atoms with Crippen LogP contribution in [0.4, 0.5) is 0 Å². The van der Waals surface area contributed by atoms with E-state index in [1.165, 1.54) is 19.3 Å². The monoisotopic (exact) mass is 287 g/mol. The molecule has 2 heterocycles.